The van der Waals surface area contributed by atoms with Gasteiger partial charge in [-0.15, -0.1) is 0 Å². The molecule has 0 saturated carbocycles. The minimum absolute atomic E-state index is 0.0878. The van der Waals surface area contributed by atoms with E-state index in [1.807, 2.05) is 11.8 Å². The first-order valence-electron chi connectivity index (χ1n) is 9.88. The molecule has 2 aromatic rings. The molecule has 9 nitrogen and oxygen atoms in total. The molecule has 29 heavy (non-hydrogen) atoms. The number of carbonyl (C=O) groups excluding carboxylic acids is 1. The third kappa shape index (κ3) is 3.74. The fraction of sp³-hybridized carbons (Fsp3) is 0.550. The van der Waals surface area contributed by atoms with E-state index in [2.05, 4.69) is 14.9 Å². The molecule has 1 amide bonds. The highest BCUT2D eigenvalue weighted by Gasteiger charge is 2.33. The number of anilines is 2. The molecule has 3 heterocycles. The van der Waals surface area contributed by atoms with Crippen LogP contribution in [0.4, 0.5) is 11.8 Å². The fourth-order valence-corrected chi connectivity index (χ4v) is 3.92. The van der Waals surface area contributed by atoms with Crippen molar-refractivity contribution < 1.29 is 19.0 Å². The van der Waals surface area contributed by atoms with Gasteiger partial charge in [-0.3, -0.25) is 4.79 Å². The van der Waals surface area contributed by atoms with Crippen molar-refractivity contribution in [3.8, 4) is 11.5 Å². The minimum Gasteiger partial charge on any atom is -0.493 e. The average molecular weight is 401 g/mol. The monoisotopic (exact) mass is 401 g/mol. The molecule has 2 saturated heterocycles. The lowest BCUT2D eigenvalue weighted by Crippen LogP contribution is -2.52. The van der Waals surface area contributed by atoms with Crippen LogP contribution in [0.2, 0.25) is 0 Å². The summed E-state index contributed by atoms with van der Waals surface area (Å²) in [6.45, 7) is 4.52. The van der Waals surface area contributed by atoms with Crippen LogP contribution in [0, 0.1) is 0 Å². The molecule has 2 aliphatic rings. The second-order valence-corrected chi connectivity index (χ2v) is 7.46. The second-order valence-electron chi connectivity index (χ2n) is 7.46. The fourth-order valence-electron chi connectivity index (χ4n) is 3.92. The van der Waals surface area contributed by atoms with Crippen LogP contribution >= 0.6 is 0 Å². The number of benzene rings is 1. The third-order valence-corrected chi connectivity index (χ3v) is 5.60. The SMILES string of the molecule is COc1cc2nc(N3CCN(C(=O)C4CCC(C)O4)CC3)nc(N)c2cc1OC. The molecule has 156 valence electrons. The van der Waals surface area contributed by atoms with Gasteiger partial charge in [0, 0.05) is 37.6 Å². The summed E-state index contributed by atoms with van der Waals surface area (Å²) >= 11 is 0. The van der Waals surface area contributed by atoms with E-state index < -0.39 is 0 Å². The number of hydrogen-bond donors (Lipinski definition) is 1. The quantitative estimate of drug-likeness (QED) is 0.821. The lowest BCUT2D eigenvalue weighted by Gasteiger charge is -2.35. The Morgan fingerprint density at radius 1 is 1.10 bits per heavy atom. The molecule has 9 heteroatoms. The van der Waals surface area contributed by atoms with Crippen molar-refractivity contribution in [3.05, 3.63) is 12.1 Å². The summed E-state index contributed by atoms with van der Waals surface area (Å²) in [5, 5.41) is 0.715. The summed E-state index contributed by atoms with van der Waals surface area (Å²) in [7, 11) is 3.16. The van der Waals surface area contributed by atoms with Crippen molar-refractivity contribution in [1.82, 2.24) is 14.9 Å². The first-order chi connectivity index (χ1) is 14.0. The lowest BCUT2D eigenvalue weighted by molar-refractivity contribution is -0.142. The molecule has 2 atom stereocenters. The number of aromatic nitrogens is 2. The van der Waals surface area contributed by atoms with Crippen LogP contribution in [0.1, 0.15) is 19.8 Å². The summed E-state index contributed by atoms with van der Waals surface area (Å²) in [6, 6.07) is 3.58. The number of piperazine rings is 1. The molecule has 0 radical (unpaired) electrons. The van der Waals surface area contributed by atoms with Gasteiger partial charge in [0.25, 0.3) is 5.91 Å². The van der Waals surface area contributed by atoms with E-state index in [1.165, 1.54) is 0 Å². The number of amides is 1. The van der Waals surface area contributed by atoms with E-state index in [9.17, 15) is 4.79 Å². The van der Waals surface area contributed by atoms with Gasteiger partial charge in [-0.05, 0) is 25.8 Å². The number of methoxy groups -OCH3 is 2. The topological polar surface area (TPSA) is 103 Å². The van der Waals surface area contributed by atoms with Crippen LogP contribution in [0.5, 0.6) is 11.5 Å². The average Bonchev–Trinajstić information content (AvgIpc) is 3.18. The van der Waals surface area contributed by atoms with Gasteiger partial charge < -0.3 is 29.7 Å². The Kier molecular flexibility index (Phi) is 5.31. The van der Waals surface area contributed by atoms with Gasteiger partial charge in [-0.25, -0.2) is 4.98 Å². The van der Waals surface area contributed by atoms with Crippen LogP contribution in [-0.2, 0) is 9.53 Å². The van der Waals surface area contributed by atoms with E-state index >= 15 is 0 Å². The largest absolute Gasteiger partial charge is 0.493 e. The molecule has 2 aliphatic heterocycles. The number of hydrogen-bond acceptors (Lipinski definition) is 8. The molecule has 4 rings (SSSR count). The number of nitrogens with zero attached hydrogens (tertiary/aromatic N) is 4. The molecule has 2 N–H and O–H groups in total. The van der Waals surface area contributed by atoms with Gasteiger partial charge in [0.1, 0.15) is 11.9 Å². The third-order valence-electron chi connectivity index (χ3n) is 5.60. The van der Waals surface area contributed by atoms with Crippen molar-refractivity contribution in [2.24, 2.45) is 0 Å². The Bertz CT molecular complexity index is 913. The number of nitrogens with two attached hydrogens (primary N) is 1. The van der Waals surface area contributed by atoms with Crippen molar-refractivity contribution in [3.63, 3.8) is 0 Å². The molecular formula is C20H27N5O4. The predicted molar refractivity (Wildman–Crippen MR) is 109 cm³/mol. The van der Waals surface area contributed by atoms with Crippen molar-refractivity contribution in [2.75, 3.05) is 51.0 Å². The maximum atomic E-state index is 12.7. The van der Waals surface area contributed by atoms with Gasteiger partial charge in [0.2, 0.25) is 5.95 Å². The van der Waals surface area contributed by atoms with Crippen LogP contribution in [0.15, 0.2) is 12.1 Å². The number of rotatable bonds is 4. The zero-order valence-corrected chi connectivity index (χ0v) is 17.1. The van der Waals surface area contributed by atoms with Gasteiger partial charge >= 0.3 is 0 Å². The minimum atomic E-state index is -0.299. The molecule has 0 bridgehead atoms. The molecule has 0 aliphatic carbocycles. The Hall–Kier alpha value is -2.81. The van der Waals surface area contributed by atoms with Crippen LogP contribution < -0.4 is 20.1 Å². The molecule has 2 fully saturated rings. The first-order valence-corrected chi connectivity index (χ1v) is 9.88. The molecule has 1 aromatic carbocycles. The number of carbonyl (C=O) groups is 1. The number of nitrogen functional groups attached to an aromatic ring is 1. The van der Waals surface area contributed by atoms with Crippen LogP contribution in [-0.4, -0.2) is 73.4 Å². The van der Waals surface area contributed by atoms with E-state index in [4.69, 9.17) is 19.9 Å². The zero-order valence-electron chi connectivity index (χ0n) is 17.1. The standard InChI is InChI=1S/C20H27N5O4/c1-12-4-5-15(29-12)19(26)24-6-8-25(9-7-24)20-22-14-11-17(28-3)16(27-2)10-13(14)18(21)23-20/h10-12,15H,4-9H2,1-3H3,(H2,21,22,23). The highest BCUT2D eigenvalue weighted by Crippen LogP contribution is 2.34. The smallest absolute Gasteiger partial charge is 0.251 e. The Morgan fingerprint density at radius 3 is 2.41 bits per heavy atom. The van der Waals surface area contributed by atoms with Crippen LogP contribution in [0.3, 0.4) is 0 Å². The van der Waals surface area contributed by atoms with E-state index in [1.54, 1.807) is 26.4 Å². The molecule has 2 unspecified atom stereocenters. The van der Waals surface area contributed by atoms with E-state index in [0.717, 1.165) is 12.8 Å². The normalized spacial score (nSPS) is 22.2. The summed E-state index contributed by atoms with van der Waals surface area (Å²) < 4.78 is 16.4. The molecular weight excluding hydrogens is 374 g/mol. The van der Waals surface area contributed by atoms with Crippen molar-refractivity contribution in [1.29, 1.82) is 0 Å². The maximum Gasteiger partial charge on any atom is 0.251 e. The summed E-state index contributed by atoms with van der Waals surface area (Å²) in [6.07, 6.45) is 1.60. The predicted octanol–water partition coefficient (Wildman–Crippen LogP) is 1.45. The highest BCUT2D eigenvalue weighted by atomic mass is 16.5. The van der Waals surface area contributed by atoms with Crippen molar-refractivity contribution in [2.45, 2.75) is 32.0 Å². The number of fused-ring (bicyclic) bond motifs is 1. The Labute approximate surface area is 169 Å². The number of ether oxygens (including phenoxy) is 3. The highest BCUT2D eigenvalue weighted by molar-refractivity contribution is 5.91. The van der Waals surface area contributed by atoms with Gasteiger partial charge in [-0.1, -0.05) is 0 Å². The first kappa shape index (κ1) is 19.5. The Morgan fingerprint density at radius 2 is 1.79 bits per heavy atom. The summed E-state index contributed by atoms with van der Waals surface area (Å²) in [5.74, 6) is 2.20. The van der Waals surface area contributed by atoms with E-state index in [0.29, 0.717) is 60.3 Å². The zero-order chi connectivity index (χ0) is 20.5. The second kappa shape index (κ2) is 7.90. The van der Waals surface area contributed by atoms with Crippen LogP contribution in [0.25, 0.3) is 10.9 Å². The molecule has 1 aromatic heterocycles. The maximum absolute atomic E-state index is 12.7. The van der Waals surface area contributed by atoms with Crippen molar-refractivity contribution >= 4 is 28.6 Å². The molecule has 0 spiro atoms. The summed E-state index contributed by atoms with van der Waals surface area (Å²) in [4.78, 5) is 25.7. The van der Waals surface area contributed by atoms with Gasteiger partial charge in [0.05, 0.1) is 25.8 Å². The Balaban J connectivity index is 1.50. The lowest BCUT2D eigenvalue weighted by atomic mass is 10.1. The van der Waals surface area contributed by atoms with Gasteiger partial charge in [-0.2, -0.15) is 4.98 Å². The van der Waals surface area contributed by atoms with Gasteiger partial charge in [0.15, 0.2) is 11.5 Å². The summed E-state index contributed by atoms with van der Waals surface area (Å²) in [5.41, 5.74) is 6.89. The van der Waals surface area contributed by atoms with E-state index in [-0.39, 0.29) is 18.1 Å².